The maximum atomic E-state index is 12.9. The first kappa shape index (κ1) is 20.9. The first-order valence-corrected chi connectivity index (χ1v) is 10.7. The summed E-state index contributed by atoms with van der Waals surface area (Å²) in [6.07, 6.45) is 0. The number of rotatable bonds is 6. The monoisotopic (exact) mass is 381 g/mol. The molecule has 0 radical (unpaired) electrons. The summed E-state index contributed by atoms with van der Waals surface area (Å²) in [5, 5.41) is 2.95. The molecule has 0 saturated carbocycles. The van der Waals surface area contributed by atoms with E-state index < -0.39 is 10.0 Å². The molecule has 1 heterocycles. The predicted molar refractivity (Wildman–Crippen MR) is 104 cm³/mol. The Labute approximate surface area is 157 Å². The van der Waals surface area contributed by atoms with Gasteiger partial charge in [-0.1, -0.05) is 19.9 Å². The molecular formula is C19H31N3O3S. The Hall–Kier alpha value is -1.44. The van der Waals surface area contributed by atoms with Crippen LogP contribution < -0.4 is 5.32 Å². The van der Waals surface area contributed by atoms with Crippen LogP contribution in [0.2, 0.25) is 0 Å². The van der Waals surface area contributed by atoms with E-state index in [2.05, 4.69) is 19.2 Å². The second-order valence-corrected chi connectivity index (χ2v) is 9.44. The highest BCUT2D eigenvalue weighted by Gasteiger charge is 2.31. The number of benzene rings is 1. The van der Waals surface area contributed by atoms with Crippen LogP contribution >= 0.6 is 0 Å². The zero-order chi connectivity index (χ0) is 19.5. The molecule has 1 N–H and O–H groups in total. The number of nitrogens with one attached hydrogen (secondary N) is 1. The average Bonchev–Trinajstić information content (AvgIpc) is 2.61. The molecular weight excluding hydrogens is 350 g/mol. The lowest BCUT2D eigenvalue weighted by Crippen LogP contribution is -2.55. The Morgan fingerprint density at radius 1 is 1.08 bits per heavy atom. The number of sulfonamides is 1. The summed E-state index contributed by atoms with van der Waals surface area (Å²) in [4.78, 5) is 14.6. The summed E-state index contributed by atoms with van der Waals surface area (Å²) in [5.41, 5.74) is 2.05. The van der Waals surface area contributed by atoms with E-state index in [1.807, 2.05) is 31.7 Å². The van der Waals surface area contributed by atoms with Crippen LogP contribution in [0.3, 0.4) is 0 Å². The number of hydrogen-bond acceptors (Lipinski definition) is 4. The van der Waals surface area contributed by atoms with Crippen LogP contribution in [0.4, 0.5) is 0 Å². The van der Waals surface area contributed by atoms with Crippen molar-refractivity contribution >= 4 is 15.9 Å². The first-order chi connectivity index (χ1) is 12.1. The fraction of sp³-hybridized carbons (Fsp3) is 0.632. The maximum Gasteiger partial charge on any atom is 0.243 e. The molecule has 0 aromatic heterocycles. The van der Waals surface area contributed by atoms with Crippen molar-refractivity contribution in [2.45, 2.75) is 45.6 Å². The topological polar surface area (TPSA) is 69.7 Å². The van der Waals surface area contributed by atoms with E-state index in [0.717, 1.165) is 11.1 Å². The molecule has 0 spiro atoms. The quantitative estimate of drug-likeness (QED) is 0.815. The molecule has 6 nitrogen and oxygen atoms in total. The zero-order valence-electron chi connectivity index (χ0n) is 16.4. The molecule has 0 unspecified atom stereocenters. The van der Waals surface area contributed by atoms with Crippen LogP contribution in [0.5, 0.6) is 0 Å². The Morgan fingerprint density at radius 3 is 2.23 bits per heavy atom. The molecule has 1 atom stereocenters. The van der Waals surface area contributed by atoms with Gasteiger partial charge in [0.05, 0.1) is 10.9 Å². The minimum atomic E-state index is -3.49. The second-order valence-electron chi connectivity index (χ2n) is 7.50. The number of carbonyl (C=O) groups excluding carboxylic acids is 1. The summed E-state index contributed by atoms with van der Waals surface area (Å²) in [6, 6.07) is 5.00. The summed E-state index contributed by atoms with van der Waals surface area (Å²) in [6.45, 7) is 12.4. The second kappa shape index (κ2) is 8.50. The standard InChI is InChI=1S/C19H31N3O3S/c1-14(2)13-20-19(23)17(5)21-8-10-22(11-9-21)26(24,25)18-7-6-15(3)16(4)12-18/h6-7,12,14,17H,8-11,13H2,1-5H3,(H,20,23)/t17-/m1/s1. The van der Waals surface area contributed by atoms with Crippen molar-refractivity contribution in [1.82, 2.24) is 14.5 Å². The third kappa shape index (κ3) is 4.84. The molecule has 26 heavy (non-hydrogen) atoms. The Morgan fingerprint density at radius 2 is 1.69 bits per heavy atom. The van der Waals surface area contributed by atoms with Gasteiger partial charge in [-0.3, -0.25) is 9.69 Å². The Balaban J connectivity index is 1.98. The van der Waals surface area contributed by atoms with Crippen LogP contribution in [0.25, 0.3) is 0 Å². The molecule has 1 amide bonds. The number of carbonyl (C=O) groups is 1. The van der Waals surface area contributed by atoms with Crippen molar-refractivity contribution in [2.75, 3.05) is 32.7 Å². The largest absolute Gasteiger partial charge is 0.354 e. The van der Waals surface area contributed by atoms with Gasteiger partial charge in [0.1, 0.15) is 0 Å². The lowest BCUT2D eigenvalue weighted by Gasteiger charge is -2.36. The van der Waals surface area contributed by atoms with Gasteiger partial charge in [-0.05, 0) is 49.9 Å². The van der Waals surface area contributed by atoms with Crippen molar-refractivity contribution in [1.29, 1.82) is 0 Å². The van der Waals surface area contributed by atoms with Gasteiger partial charge in [-0.15, -0.1) is 0 Å². The van der Waals surface area contributed by atoms with Crippen molar-refractivity contribution < 1.29 is 13.2 Å². The van der Waals surface area contributed by atoms with E-state index in [1.54, 1.807) is 12.1 Å². The number of hydrogen-bond donors (Lipinski definition) is 1. The van der Waals surface area contributed by atoms with Crippen LogP contribution in [-0.2, 0) is 14.8 Å². The fourth-order valence-corrected chi connectivity index (χ4v) is 4.48. The Bertz CT molecular complexity index is 738. The molecule has 1 aromatic rings. The van der Waals surface area contributed by atoms with E-state index >= 15 is 0 Å². The molecule has 1 aliphatic heterocycles. The van der Waals surface area contributed by atoms with E-state index in [-0.39, 0.29) is 11.9 Å². The molecule has 2 rings (SSSR count). The lowest BCUT2D eigenvalue weighted by atomic mass is 10.1. The smallest absolute Gasteiger partial charge is 0.243 e. The number of amides is 1. The van der Waals surface area contributed by atoms with Crippen molar-refractivity contribution in [2.24, 2.45) is 5.92 Å². The van der Waals surface area contributed by atoms with Gasteiger partial charge in [-0.2, -0.15) is 4.31 Å². The third-order valence-corrected chi connectivity index (χ3v) is 6.90. The fourth-order valence-electron chi connectivity index (χ4n) is 2.97. The van der Waals surface area contributed by atoms with E-state index in [1.165, 1.54) is 4.31 Å². The molecule has 0 bridgehead atoms. The van der Waals surface area contributed by atoms with E-state index in [4.69, 9.17) is 0 Å². The molecule has 146 valence electrons. The van der Waals surface area contributed by atoms with Crippen LogP contribution in [0.1, 0.15) is 31.9 Å². The number of aryl methyl sites for hydroxylation is 2. The lowest BCUT2D eigenvalue weighted by molar-refractivity contribution is -0.126. The van der Waals surface area contributed by atoms with Gasteiger partial charge in [-0.25, -0.2) is 8.42 Å². The van der Waals surface area contributed by atoms with Crippen LogP contribution in [-0.4, -0.2) is 62.3 Å². The van der Waals surface area contributed by atoms with Crippen molar-refractivity contribution in [3.8, 4) is 0 Å². The van der Waals surface area contributed by atoms with Gasteiger partial charge < -0.3 is 5.32 Å². The normalized spacial score (nSPS) is 18.1. The maximum absolute atomic E-state index is 12.9. The predicted octanol–water partition coefficient (Wildman–Crippen LogP) is 1.77. The minimum absolute atomic E-state index is 0.00386. The molecule has 1 aromatic carbocycles. The van der Waals surface area contributed by atoms with Crippen LogP contribution in [0.15, 0.2) is 23.1 Å². The van der Waals surface area contributed by atoms with Crippen molar-refractivity contribution in [3.63, 3.8) is 0 Å². The minimum Gasteiger partial charge on any atom is -0.354 e. The summed E-state index contributed by atoms with van der Waals surface area (Å²) >= 11 is 0. The molecule has 1 saturated heterocycles. The zero-order valence-corrected chi connectivity index (χ0v) is 17.3. The third-order valence-electron chi connectivity index (χ3n) is 5.00. The molecule has 1 fully saturated rings. The highest BCUT2D eigenvalue weighted by molar-refractivity contribution is 7.89. The highest BCUT2D eigenvalue weighted by atomic mass is 32.2. The van der Waals surface area contributed by atoms with Crippen LogP contribution in [0, 0.1) is 19.8 Å². The number of nitrogens with zero attached hydrogens (tertiary/aromatic N) is 2. The SMILES string of the molecule is Cc1ccc(S(=O)(=O)N2CCN([C@H](C)C(=O)NCC(C)C)CC2)cc1C. The molecule has 7 heteroatoms. The van der Waals surface area contributed by atoms with Gasteiger partial charge >= 0.3 is 0 Å². The summed E-state index contributed by atoms with van der Waals surface area (Å²) < 4.78 is 27.3. The Kier molecular flexibility index (Phi) is 6.82. The first-order valence-electron chi connectivity index (χ1n) is 9.22. The van der Waals surface area contributed by atoms with Gasteiger partial charge in [0, 0.05) is 32.7 Å². The number of piperazine rings is 1. The summed E-state index contributed by atoms with van der Waals surface area (Å²) in [7, 11) is -3.49. The van der Waals surface area contributed by atoms with Gasteiger partial charge in [0.15, 0.2) is 0 Å². The van der Waals surface area contributed by atoms with Gasteiger partial charge in [0.25, 0.3) is 0 Å². The molecule has 0 aliphatic carbocycles. The van der Waals surface area contributed by atoms with Crippen molar-refractivity contribution in [3.05, 3.63) is 29.3 Å². The summed E-state index contributed by atoms with van der Waals surface area (Å²) in [5.74, 6) is 0.412. The molecule has 1 aliphatic rings. The van der Waals surface area contributed by atoms with E-state index in [0.29, 0.717) is 43.5 Å². The van der Waals surface area contributed by atoms with Gasteiger partial charge in [0.2, 0.25) is 15.9 Å². The average molecular weight is 382 g/mol. The van der Waals surface area contributed by atoms with E-state index in [9.17, 15) is 13.2 Å². The highest BCUT2D eigenvalue weighted by Crippen LogP contribution is 2.21.